The molecule has 4 atom stereocenters. The molecule has 2 saturated heterocycles. The van der Waals surface area contributed by atoms with Crippen molar-refractivity contribution in [1.82, 2.24) is 9.88 Å². The lowest BCUT2D eigenvalue weighted by Crippen LogP contribution is -2.66. The largest absolute Gasteiger partial charge is 0.508 e. The maximum Gasteiger partial charge on any atom is 0.261 e. The number of benzene rings is 3. The van der Waals surface area contributed by atoms with Gasteiger partial charge in [-0.2, -0.15) is 0 Å². The molecule has 3 heterocycles. The highest BCUT2D eigenvalue weighted by Crippen LogP contribution is 2.50. The Morgan fingerprint density at radius 1 is 0.962 bits per heavy atom. The van der Waals surface area contributed by atoms with Gasteiger partial charge in [0.05, 0.1) is 41.9 Å². The van der Waals surface area contributed by atoms with Gasteiger partial charge in [0.2, 0.25) is 11.8 Å². The average Bonchev–Trinajstić information content (AvgIpc) is 3.66. The third-order valence-electron chi connectivity index (χ3n) is 11.1. The lowest BCUT2D eigenvalue weighted by atomic mass is 9.69. The number of imide groups is 1. The number of carbonyl (C=O) groups is 2. The minimum absolute atomic E-state index is 0.105. The number of amides is 2. The van der Waals surface area contributed by atoms with Crippen LogP contribution < -0.4 is 10.4 Å². The Morgan fingerprint density at radius 2 is 1.63 bits per heavy atom. The van der Waals surface area contributed by atoms with Gasteiger partial charge in [0.15, 0.2) is 0 Å². The third kappa shape index (κ3) is 6.58. The number of phenols is 1. The topological polar surface area (TPSA) is 89.0 Å². The number of carbonyl (C=O) groups excluding carboxylic acids is 2. The second kappa shape index (κ2) is 14.6. The molecule has 268 valence electrons. The van der Waals surface area contributed by atoms with Gasteiger partial charge in [-0.25, -0.2) is 0 Å². The van der Waals surface area contributed by atoms with Crippen LogP contribution in [-0.4, -0.2) is 61.5 Å². The van der Waals surface area contributed by atoms with Crippen molar-refractivity contribution in [3.8, 4) is 5.75 Å². The Bertz CT molecular complexity index is 1970. The van der Waals surface area contributed by atoms with E-state index in [4.69, 9.17) is 20.8 Å². The van der Waals surface area contributed by atoms with Crippen molar-refractivity contribution >= 4 is 53.8 Å². The molecule has 2 fully saturated rings. The number of hydrogen-bond acceptors (Lipinski definition) is 6. The minimum Gasteiger partial charge on any atom is -0.508 e. The Hall–Kier alpha value is -4.34. The van der Waals surface area contributed by atoms with Crippen LogP contribution in [-0.2, 0) is 18.8 Å². The van der Waals surface area contributed by atoms with E-state index in [0.717, 1.165) is 28.0 Å². The number of aromatic nitrogens is 1. The summed E-state index contributed by atoms with van der Waals surface area (Å²) in [6, 6.07) is 31.9. The Morgan fingerprint density at radius 3 is 2.25 bits per heavy atom. The van der Waals surface area contributed by atoms with Crippen molar-refractivity contribution in [1.29, 1.82) is 0 Å². The first-order chi connectivity index (χ1) is 25.0. The molecule has 0 saturated carbocycles. The fourth-order valence-electron chi connectivity index (χ4n) is 8.65. The molecule has 9 heteroatoms. The van der Waals surface area contributed by atoms with Gasteiger partial charge in [0.25, 0.3) is 8.32 Å². The van der Waals surface area contributed by atoms with Gasteiger partial charge in [0.1, 0.15) is 5.75 Å². The van der Waals surface area contributed by atoms with Crippen LogP contribution >= 0.6 is 11.6 Å². The molecule has 4 aromatic rings. The molecular weight excluding hydrogens is 688 g/mol. The molecule has 3 aromatic carbocycles. The number of nitrogens with zero attached hydrogens (tertiary/aromatic N) is 2. The van der Waals surface area contributed by atoms with Crippen LogP contribution in [0.25, 0.3) is 11.6 Å². The van der Waals surface area contributed by atoms with Crippen molar-refractivity contribution in [3.63, 3.8) is 0 Å². The SMILES string of the molecule is CN1C(=O)[C@@H]2[C@@H](CC(CO[Si](c3ccccc3)(c3ccccc3)C(C)(C)C)=C3[C@@H](CC/C(=C/c4ccc(O)cc4Cl)c4ccccn4)OC[C@@H]32)C1=O. The van der Waals surface area contributed by atoms with Gasteiger partial charge in [-0.05, 0) is 93.4 Å². The second-order valence-electron chi connectivity index (χ2n) is 15.1. The fraction of sp³-hybridized carbons (Fsp3) is 0.326. The molecule has 1 aliphatic carbocycles. The number of aromatic hydroxyl groups is 1. The molecule has 1 N–H and O–H groups in total. The summed E-state index contributed by atoms with van der Waals surface area (Å²) >= 11 is 6.55. The first kappa shape index (κ1) is 36.0. The summed E-state index contributed by atoms with van der Waals surface area (Å²) in [5, 5.41) is 12.6. The predicted octanol–water partition coefficient (Wildman–Crippen LogP) is 7.28. The van der Waals surface area contributed by atoms with Crippen molar-refractivity contribution in [2.24, 2.45) is 17.8 Å². The lowest BCUT2D eigenvalue weighted by Gasteiger charge is -2.44. The van der Waals surface area contributed by atoms with E-state index in [1.54, 1.807) is 25.4 Å². The van der Waals surface area contributed by atoms with Crippen LogP contribution in [0.1, 0.15) is 51.3 Å². The van der Waals surface area contributed by atoms with Crippen LogP contribution in [0.15, 0.2) is 114 Å². The Kier molecular flexibility index (Phi) is 10.1. The standard InChI is InChI=1S/C43H45ClN2O5Si/c1-43(2,3)52(32-13-7-5-8-14-32,33-15-9-6-10-16-33)51-26-30-24-34-40(42(49)46(4)41(34)48)35-27-50-38(39(30)35)21-19-29(37-17-11-12-22-45-37)23-28-18-20-31(47)25-36(28)44/h5-18,20,22-23,25,34-35,38,40,47H,19,21,24,26-27H2,1-4H3/b29-23-/t34-,35+,38-,40-/m1/s1. The van der Waals surface area contributed by atoms with Gasteiger partial charge in [-0.3, -0.25) is 19.5 Å². The molecule has 0 spiro atoms. The zero-order valence-corrected chi connectivity index (χ0v) is 31.8. The Labute approximate surface area is 312 Å². The van der Waals surface area contributed by atoms with Crippen LogP contribution in [0.3, 0.4) is 0 Å². The summed E-state index contributed by atoms with van der Waals surface area (Å²) in [7, 11) is -1.29. The highest BCUT2D eigenvalue weighted by molar-refractivity contribution is 6.99. The summed E-state index contributed by atoms with van der Waals surface area (Å²) in [6.07, 6.45) is 5.26. The maximum atomic E-state index is 13.6. The number of hydrogen-bond donors (Lipinski definition) is 1. The average molecular weight is 733 g/mol. The molecule has 2 amide bonds. The number of rotatable bonds is 10. The van der Waals surface area contributed by atoms with Crippen molar-refractivity contribution < 1.29 is 23.9 Å². The number of pyridine rings is 1. The number of fused-ring (bicyclic) bond motifs is 3. The van der Waals surface area contributed by atoms with Gasteiger partial charge < -0.3 is 14.3 Å². The fourth-order valence-corrected chi connectivity index (χ4v) is 13.4. The van der Waals surface area contributed by atoms with Gasteiger partial charge in [-0.1, -0.05) is 99.1 Å². The molecule has 1 aromatic heterocycles. The Balaban J connectivity index is 1.28. The number of phenolic OH excluding ortho intramolecular Hbond substituents is 1. The quantitative estimate of drug-likeness (QED) is 0.105. The lowest BCUT2D eigenvalue weighted by molar-refractivity contribution is -0.138. The number of halogens is 1. The first-order valence-electron chi connectivity index (χ1n) is 18.0. The van der Waals surface area contributed by atoms with Crippen molar-refractivity contribution in [2.45, 2.75) is 51.2 Å². The third-order valence-corrected chi connectivity index (χ3v) is 16.4. The summed E-state index contributed by atoms with van der Waals surface area (Å²) in [6.45, 7) is 7.51. The molecule has 7 nitrogen and oxygen atoms in total. The summed E-state index contributed by atoms with van der Waals surface area (Å²) in [4.78, 5) is 33.1. The molecule has 0 radical (unpaired) electrons. The smallest absolute Gasteiger partial charge is 0.261 e. The first-order valence-corrected chi connectivity index (χ1v) is 20.3. The predicted molar refractivity (Wildman–Crippen MR) is 208 cm³/mol. The van der Waals surface area contributed by atoms with E-state index in [1.807, 2.05) is 36.4 Å². The molecule has 0 unspecified atom stereocenters. The molecular formula is C43H45ClN2O5Si. The molecule has 3 aliphatic rings. The van der Waals surface area contributed by atoms with E-state index >= 15 is 0 Å². The summed E-state index contributed by atoms with van der Waals surface area (Å²) < 4.78 is 14.1. The second-order valence-corrected chi connectivity index (χ2v) is 19.9. The molecule has 2 aliphatic heterocycles. The zero-order valence-electron chi connectivity index (χ0n) is 30.1. The summed E-state index contributed by atoms with van der Waals surface area (Å²) in [5.74, 6) is -1.19. The van der Waals surface area contributed by atoms with Gasteiger partial charge >= 0.3 is 0 Å². The van der Waals surface area contributed by atoms with Crippen molar-refractivity contribution in [3.05, 3.63) is 131 Å². The van der Waals surface area contributed by atoms with E-state index in [9.17, 15) is 14.7 Å². The molecule has 7 rings (SSSR count). The van der Waals surface area contributed by atoms with E-state index in [1.165, 1.54) is 21.3 Å². The monoisotopic (exact) mass is 732 g/mol. The normalized spacial score (nSPS) is 22.2. The number of allylic oxidation sites excluding steroid dienone is 1. The van der Waals surface area contributed by atoms with Crippen LogP contribution in [0.5, 0.6) is 5.75 Å². The van der Waals surface area contributed by atoms with Gasteiger partial charge in [-0.15, -0.1) is 0 Å². The minimum atomic E-state index is -2.90. The van der Waals surface area contributed by atoms with Gasteiger partial charge in [0, 0.05) is 19.2 Å². The van der Waals surface area contributed by atoms with E-state index in [0.29, 0.717) is 37.5 Å². The van der Waals surface area contributed by atoms with Crippen LogP contribution in [0.2, 0.25) is 10.1 Å². The van der Waals surface area contributed by atoms with E-state index in [2.05, 4.69) is 74.3 Å². The van der Waals surface area contributed by atoms with Crippen LogP contribution in [0, 0.1) is 17.8 Å². The van der Waals surface area contributed by atoms with Crippen molar-refractivity contribution in [2.75, 3.05) is 20.3 Å². The number of likely N-dealkylation sites (tertiary alicyclic amines) is 1. The number of ether oxygens (including phenoxy) is 1. The molecule has 0 bridgehead atoms. The maximum absolute atomic E-state index is 13.6. The zero-order chi connectivity index (χ0) is 36.6. The highest BCUT2D eigenvalue weighted by atomic mass is 35.5. The molecule has 52 heavy (non-hydrogen) atoms. The van der Waals surface area contributed by atoms with E-state index in [-0.39, 0.29) is 34.6 Å². The highest BCUT2D eigenvalue weighted by Gasteiger charge is 2.57. The van der Waals surface area contributed by atoms with Crippen LogP contribution in [0.4, 0.5) is 0 Å². The summed E-state index contributed by atoms with van der Waals surface area (Å²) in [5.41, 5.74) is 4.77. The van der Waals surface area contributed by atoms with E-state index < -0.39 is 20.2 Å².